The highest BCUT2D eigenvalue weighted by Crippen LogP contribution is 2.11. The van der Waals surface area contributed by atoms with Crippen molar-refractivity contribution in [3.63, 3.8) is 0 Å². The molecule has 1 atom stereocenters. The van der Waals surface area contributed by atoms with Crippen LogP contribution in [-0.2, 0) is 19.4 Å². The van der Waals surface area contributed by atoms with E-state index in [-0.39, 0.29) is 11.5 Å². The highest BCUT2D eigenvalue weighted by atomic mass is 32.2. The average Bonchev–Trinajstić information content (AvgIpc) is 2.88. The van der Waals surface area contributed by atoms with E-state index in [2.05, 4.69) is 15.6 Å². The second-order valence-electron chi connectivity index (χ2n) is 4.06. The van der Waals surface area contributed by atoms with E-state index in [4.69, 9.17) is 0 Å². The number of hydrogen-bond donors (Lipinski definition) is 2. The lowest BCUT2D eigenvalue weighted by Crippen LogP contribution is -2.46. The molecule has 0 aromatic heterocycles. The van der Waals surface area contributed by atoms with Gasteiger partial charge in [-0.2, -0.15) is 0 Å². The molecule has 9 heteroatoms. The third-order valence-corrected chi connectivity index (χ3v) is 5.24. The van der Waals surface area contributed by atoms with Crippen molar-refractivity contribution in [3.8, 4) is 0 Å². The molecule has 0 bridgehead atoms. The van der Waals surface area contributed by atoms with E-state index in [1.807, 2.05) is 0 Å². The van der Waals surface area contributed by atoms with E-state index < -0.39 is 27.7 Å². The lowest BCUT2D eigenvalue weighted by atomic mass is 10.2. The number of rotatable bonds is 1. The fourth-order valence-corrected chi connectivity index (χ4v) is 4.12. The molecule has 7 nitrogen and oxygen atoms in total. The molecule has 2 aliphatic rings. The van der Waals surface area contributed by atoms with E-state index in [0.29, 0.717) is 18.1 Å². The van der Waals surface area contributed by atoms with Crippen molar-refractivity contribution in [2.75, 3.05) is 23.8 Å². The summed E-state index contributed by atoms with van der Waals surface area (Å²) in [4.78, 5) is 27.0. The number of amides is 2. The number of sulfone groups is 1. The maximum atomic E-state index is 11.5. The van der Waals surface area contributed by atoms with Crippen LogP contribution >= 0.6 is 11.8 Å². The summed E-state index contributed by atoms with van der Waals surface area (Å²) in [5.41, 5.74) is 0. The van der Waals surface area contributed by atoms with Gasteiger partial charge in [0, 0.05) is 11.8 Å². The third kappa shape index (κ3) is 3.45. The molecule has 2 rings (SSSR count). The third-order valence-electron chi connectivity index (χ3n) is 2.58. The number of carbonyl (C=O) groups excluding carboxylic acids is 2. The Bertz CT molecular complexity index is 500. The monoisotopic (exact) mass is 291 g/mol. The van der Waals surface area contributed by atoms with Crippen molar-refractivity contribution in [1.29, 1.82) is 0 Å². The zero-order chi connectivity index (χ0) is 13.2. The lowest BCUT2D eigenvalue weighted by molar-refractivity contribution is -0.138. The molecule has 18 heavy (non-hydrogen) atoms. The van der Waals surface area contributed by atoms with Crippen LogP contribution < -0.4 is 10.6 Å². The Balaban J connectivity index is 1.82. The van der Waals surface area contributed by atoms with Crippen molar-refractivity contribution in [2.45, 2.75) is 12.5 Å². The van der Waals surface area contributed by atoms with Crippen LogP contribution in [0.1, 0.15) is 6.42 Å². The van der Waals surface area contributed by atoms with Crippen LogP contribution in [0.2, 0.25) is 0 Å². The first-order valence-electron chi connectivity index (χ1n) is 5.46. The average molecular weight is 291 g/mol. The topological polar surface area (TPSA) is 105 Å². The summed E-state index contributed by atoms with van der Waals surface area (Å²) in [7, 11) is -3.06. The Kier molecular flexibility index (Phi) is 3.91. The maximum absolute atomic E-state index is 11.5. The van der Waals surface area contributed by atoms with E-state index >= 15 is 0 Å². The Hall–Kier alpha value is -1.09. The van der Waals surface area contributed by atoms with Gasteiger partial charge in [0.15, 0.2) is 15.0 Å². The van der Waals surface area contributed by atoms with Crippen LogP contribution in [0.5, 0.6) is 0 Å². The minimum Gasteiger partial charge on any atom is -0.344 e. The summed E-state index contributed by atoms with van der Waals surface area (Å²) in [5, 5.41) is 5.24. The molecule has 1 fully saturated rings. The Morgan fingerprint density at radius 3 is 2.67 bits per heavy atom. The van der Waals surface area contributed by atoms with Crippen molar-refractivity contribution in [2.24, 2.45) is 4.99 Å². The molecule has 2 aliphatic heterocycles. The van der Waals surface area contributed by atoms with Gasteiger partial charge >= 0.3 is 11.8 Å². The first-order valence-corrected chi connectivity index (χ1v) is 8.26. The normalized spacial score (nSPS) is 25.6. The molecule has 1 unspecified atom stereocenters. The van der Waals surface area contributed by atoms with Gasteiger partial charge in [-0.25, -0.2) is 8.42 Å². The highest BCUT2D eigenvalue weighted by Gasteiger charge is 2.30. The van der Waals surface area contributed by atoms with Gasteiger partial charge in [0.25, 0.3) is 0 Å². The molecule has 0 aromatic carbocycles. The van der Waals surface area contributed by atoms with Gasteiger partial charge in [0.2, 0.25) is 0 Å². The number of thioether (sulfide) groups is 1. The van der Waals surface area contributed by atoms with Crippen molar-refractivity contribution < 1.29 is 18.0 Å². The second-order valence-corrected chi connectivity index (χ2v) is 7.38. The van der Waals surface area contributed by atoms with Crippen molar-refractivity contribution in [1.82, 2.24) is 10.6 Å². The number of nitrogens with zero attached hydrogens (tertiary/aromatic N) is 1. The molecular formula is C9H13N3O4S2. The van der Waals surface area contributed by atoms with Crippen LogP contribution in [0.15, 0.2) is 4.99 Å². The highest BCUT2D eigenvalue weighted by molar-refractivity contribution is 8.14. The molecule has 2 amide bonds. The Morgan fingerprint density at radius 1 is 1.33 bits per heavy atom. The number of nitrogens with one attached hydrogen (secondary N) is 2. The first-order chi connectivity index (χ1) is 8.46. The SMILES string of the molecule is O=C(NC1=NCCS1)C(=O)NC1CCS(=O)(=O)C1. The molecule has 0 saturated carbocycles. The number of carbonyl (C=O) groups is 2. The predicted molar refractivity (Wildman–Crippen MR) is 68.1 cm³/mol. The number of hydrogen-bond acceptors (Lipinski definition) is 6. The second kappa shape index (κ2) is 5.27. The summed E-state index contributed by atoms with van der Waals surface area (Å²) in [5.74, 6) is -0.859. The largest absolute Gasteiger partial charge is 0.344 e. The zero-order valence-corrected chi connectivity index (χ0v) is 11.1. The lowest BCUT2D eigenvalue weighted by Gasteiger charge is -2.10. The van der Waals surface area contributed by atoms with Crippen molar-refractivity contribution >= 4 is 38.6 Å². The van der Waals surface area contributed by atoms with E-state index in [9.17, 15) is 18.0 Å². The van der Waals surface area contributed by atoms with Gasteiger partial charge < -0.3 is 5.32 Å². The van der Waals surface area contributed by atoms with Crippen LogP contribution in [0.4, 0.5) is 0 Å². The van der Waals surface area contributed by atoms with Gasteiger partial charge in [0.1, 0.15) is 0 Å². The van der Waals surface area contributed by atoms with Crippen LogP contribution in [0, 0.1) is 0 Å². The Morgan fingerprint density at radius 2 is 2.11 bits per heavy atom. The van der Waals surface area contributed by atoms with E-state index in [1.54, 1.807) is 0 Å². The molecule has 0 spiro atoms. The minimum absolute atomic E-state index is 0.0577. The van der Waals surface area contributed by atoms with Gasteiger partial charge in [-0.1, -0.05) is 11.8 Å². The summed E-state index contributed by atoms with van der Waals surface area (Å²) in [6, 6.07) is -0.466. The fourth-order valence-electron chi connectivity index (χ4n) is 1.72. The number of aliphatic imine (C=N–C) groups is 1. The summed E-state index contributed by atoms with van der Waals surface area (Å²) in [6.45, 7) is 0.628. The van der Waals surface area contributed by atoms with Crippen LogP contribution in [0.25, 0.3) is 0 Å². The van der Waals surface area contributed by atoms with E-state index in [1.165, 1.54) is 11.8 Å². The fraction of sp³-hybridized carbons (Fsp3) is 0.667. The zero-order valence-electron chi connectivity index (χ0n) is 9.51. The smallest absolute Gasteiger partial charge is 0.315 e. The molecule has 0 aromatic rings. The first kappa shape index (κ1) is 13.3. The standard InChI is InChI=1S/C9H13N3O4S2/c13-7(8(14)12-9-10-2-3-17-9)11-6-1-4-18(15,16)5-6/h6H,1-5H2,(H,11,13)(H,10,12,14). The summed E-state index contributed by atoms with van der Waals surface area (Å²) < 4.78 is 22.4. The predicted octanol–water partition coefficient (Wildman–Crippen LogP) is -1.49. The molecule has 2 heterocycles. The van der Waals surface area contributed by atoms with Crippen LogP contribution in [0.3, 0.4) is 0 Å². The van der Waals surface area contributed by atoms with Gasteiger partial charge in [0.05, 0.1) is 18.1 Å². The number of amidine groups is 1. The van der Waals surface area contributed by atoms with Crippen LogP contribution in [-0.4, -0.2) is 55.2 Å². The molecule has 2 N–H and O–H groups in total. The molecule has 0 aliphatic carbocycles. The van der Waals surface area contributed by atoms with Gasteiger partial charge in [-0.15, -0.1) is 0 Å². The quantitative estimate of drug-likeness (QED) is 0.573. The molecular weight excluding hydrogens is 278 g/mol. The summed E-state index contributed by atoms with van der Waals surface area (Å²) in [6.07, 6.45) is 0.358. The summed E-state index contributed by atoms with van der Waals surface area (Å²) >= 11 is 1.37. The molecule has 100 valence electrons. The molecule has 1 saturated heterocycles. The van der Waals surface area contributed by atoms with Gasteiger partial charge in [-0.05, 0) is 6.42 Å². The van der Waals surface area contributed by atoms with Crippen molar-refractivity contribution in [3.05, 3.63) is 0 Å². The van der Waals surface area contributed by atoms with E-state index in [0.717, 1.165) is 5.75 Å². The van der Waals surface area contributed by atoms with Gasteiger partial charge in [-0.3, -0.25) is 19.9 Å². The minimum atomic E-state index is -3.06. The molecule has 0 radical (unpaired) electrons. The Labute approximate surface area is 109 Å². The maximum Gasteiger partial charge on any atom is 0.315 e.